The fourth-order valence-corrected chi connectivity index (χ4v) is 5.99. The zero-order chi connectivity index (χ0) is 42.0. The number of hydrogen-bond donors (Lipinski definition) is 5. The molecule has 2 aromatic rings. The third-order valence-electron chi connectivity index (χ3n) is 8.54. The molecule has 2 rings (SSSR count). The van der Waals surface area contributed by atoms with Crippen LogP contribution in [0.25, 0.3) is 0 Å². The topological polar surface area (TPSA) is 201 Å². The van der Waals surface area contributed by atoms with Crippen molar-refractivity contribution in [3.63, 3.8) is 0 Å². The molecule has 0 fully saturated rings. The summed E-state index contributed by atoms with van der Waals surface area (Å²) in [5, 5.41) is 13.2. The highest BCUT2D eigenvalue weighted by molar-refractivity contribution is 7.98. The number of nitrogens with one attached hydrogen (secondary N) is 5. The van der Waals surface area contributed by atoms with Crippen molar-refractivity contribution in [2.24, 2.45) is 0 Å². The van der Waals surface area contributed by atoms with Gasteiger partial charge in [0.05, 0.1) is 19.7 Å². The van der Waals surface area contributed by atoms with E-state index in [0.29, 0.717) is 36.5 Å². The number of rotatable bonds is 27. The molecule has 15 nitrogen and oxygen atoms in total. The number of ether oxygens (including phenoxy) is 2. The van der Waals surface area contributed by atoms with Crippen molar-refractivity contribution in [1.29, 1.82) is 0 Å². The van der Waals surface area contributed by atoms with Gasteiger partial charge in [-0.05, 0) is 75.2 Å². The minimum Gasteiger partial charge on any atom is -0.464 e. The van der Waals surface area contributed by atoms with Gasteiger partial charge in [-0.3, -0.25) is 28.8 Å². The van der Waals surface area contributed by atoms with Crippen molar-refractivity contribution in [2.75, 3.05) is 52.3 Å². The monoisotopic (exact) mass is 812 g/mol. The normalized spacial score (nSPS) is 12.4. The van der Waals surface area contributed by atoms with Crippen molar-refractivity contribution in [3.05, 3.63) is 65.7 Å². The Morgan fingerprint density at radius 3 is 1.96 bits per heavy atom. The Morgan fingerprint density at radius 1 is 0.702 bits per heavy atom. The van der Waals surface area contributed by atoms with Crippen LogP contribution in [-0.2, 0) is 51.1 Å². The van der Waals surface area contributed by atoms with Crippen LogP contribution in [0.1, 0.15) is 69.9 Å². The summed E-state index contributed by atoms with van der Waals surface area (Å²) in [4.78, 5) is 91.7. The quantitative estimate of drug-likeness (QED) is 0.0504. The summed E-state index contributed by atoms with van der Waals surface area (Å²) >= 11 is 1.53. The van der Waals surface area contributed by atoms with Gasteiger partial charge in [-0.25, -0.2) is 4.79 Å². The third kappa shape index (κ3) is 21.2. The first-order valence-electron chi connectivity index (χ1n) is 19.4. The van der Waals surface area contributed by atoms with Crippen LogP contribution in [0.15, 0.2) is 54.6 Å². The summed E-state index contributed by atoms with van der Waals surface area (Å²) in [6.45, 7) is 3.33. The molecule has 314 valence electrons. The smallest absolute Gasteiger partial charge is 0.328 e. The van der Waals surface area contributed by atoms with Crippen LogP contribution in [0.5, 0.6) is 5.75 Å². The highest BCUT2D eigenvalue weighted by atomic mass is 32.2. The van der Waals surface area contributed by atoms with Crippen molar-refractivity contribution in [2.45, 2.75) is 89.8 Å². The lowest BCUT2D eigenvalue weighted by atomic mass is 10.0. The minimum absolute atomic E-state index is 0.0926. The molecule has 0 saturated heterocycles. The van der Waals surface area contributed by atoms with E-state index in [2.05, 4.69) is 33.5 Å². The van der Waals surface area contributed by atoms with Gasteiger partial charge in [0.15, 0.2) is 0 Å². The maximum Gasteiger partial charge on any atom is 0.328 e. The van der Waals surface area contributed by atoms with Gasteiger partial charge < -0.3 is 41.0 Å². The van der Waals surface area contributed by atoms with Crippen LogP contribution in [0, 0.1) is 0 Å². The Bertz CT molecular complexity index is 1580. The van der Waals surface area contributed by atoms with Gasteiger partial charge in [-0.1, -0.05) is 68.7 Å². The van der Waals surface area contributed by atoms with Crippen LogP contribution in [-0.4, -0.2) is 117 Å². The standard InChI is InChI=1S/C41H60N6O9S/c1-6-7-8-12-23-55-41(54)33(21-24-57-5)46-40(53)35(25-30-14-10-9-11-15-30)45-38(51)28-42-37(50)27-43-39(52)34(44-36(49)16-13-22-47(3)4)26-31-17-19-32(20-18-31)56-29(2)48/h9-11,14-15,17-20,33-35H,6-8,12-13,16,21-28H2,1-5H3,(H,42,50)(H,43,52)(H,44,49)(H,45,51)(H,46,53). The Labute approximate surface area is 340 Å². The summed E-state index contributed by atoms with van der Waals surface area (Å²) < 4.78 is 10.5. The third-order valence-corrected chi connectivity index (χ3v) is 9.19. The zero-order valence-corrected chi connectivity index (χ0v) is 34.7. The summed E-state index contributed by atoms with van der Waals surface area (Å²) in [5.41, 5.74) is 1.44. The first-order valence-corrected chi connectivity index (χ1v) is 20.8. The molecule has 0 radical (unpaired) electrons. The fourth-order valence-electron chi connectivity index (χ4n) is 5.52. The molecular weight excluding hydrogens is 753 g/mol. The number of carbonyl (C=O) groups is 7. The predicted octanol–water partition coefficient (Wildman–Crippen LogP) is 2.30. The van der Waals surface area contributed by atoms with E-state index in [1.165, 1.54) is 18.7 Å². The second kappa shape index (κ2) is 27.6. The van der Waals surface area contributed by atoms with Crippen molar-refractivity contribution >= 4 is 53.2 Å². The molecule has 5 N–H and O–H groups in total. The molecule has 16 heteroatoms. The summed E-state index contributed by atoms with van der Waals surface area (Å²) in [5.74, 6) is -2.94. The van der Waals surface area contributed by atoms with E-state index in [9.17, 15) is 33.6 Å². The molecule has 0 saturated carbocycles. The second-order valence-corrected chi connectivity index (χ2v) is 14.8. The second-order valence-electron chi connectivity index (χ2n) is 13.8. The molecule has 0 aliphatic carbocycles. The van der Waals surface area contributed by atoms with E-state index in [1.807, 2.05) is 43.5 Å². The van der Waals surface area contributed by atoms with Gasteiger partial charge in [0.2, 0.25) is 29.5 Å². The van der Waals surface area contributed by atoms with Gasteiger partial charge in [0, 0.05) is 26.2 Å². The summed E-state index contributed by atoms with van der Waals surface area (Å²) in [6.07, 6.45) is 6.97. The lowest BCUT2D eigenvalue weighted by Gasteiger charge is -2.23. The van der Waals surface area contributed by atoms with E-state index in [1.54, 1.807) is 36.4 Å². The van der Waals surface area contributed by atoms with E-state index in [4.69, 9.17) is 9.47 Å². The number of unbranched alkanes of at least 4 members (excludes halogenated alkanes) is 3. The Hall–Kier alpha value is -4.96. The van der Waals surface area contributed by atoms with Gasteiger partial charge in [-0.15, -0.1) is 0 Å². The molecule has 3 unspecified atom stereocenters. The maximum absolute atomic E-state index is 13.6. The van der Waals surface area contributed by atoms with Crippen molar-refractivity contribution < 1.29 is 43.0 Å². The zero-order valence-electron chi connectivity index (χ0n) is 33.9. The molecule has 5 amide bonds. The lowest BCUT2D eigenvalue weighted by molar-refractivity contribution is -0.148. The molecule has 0 aromatic heterocycles. The average Bonchev–Trinajstić information content (AvgIpc) is 3.17. The number of benzene rings is 2. The van der Waals surface area contributed by atoms with Gasteiger partial charge in [0.1, 0.15) is 23.9 Å². The van der Waals surface area contributed by atoms with E-state index in [0.717, 1.165) is 31.2 Å². The molecule has 0 aliphatic rings. The Morgan fingerprint density at radius 2 is 1.33 bits per heavy atom. The Balaban J connectivity index is 2.04. The molecule has 0 heterocycles. The van der Waals surface area contributed by atoms with Gasteiger partial charge in [-0.2, -0.15) is 11.8 Å². The molecule has 0 bridgehead atoms. The number of carbonyl (C=O) groups excluding carboxylic acids is 7. The number of nitrogens with zero attached hydrogens (tertiary/aromatic N) is 1. The molecule has 57 heavy (non-hydrogen) atoms. The summed E-state index contributed by atoms with van der Waals surface area (Å²) in [6, 6.07) is 12.5. The largest absolute Gasteiger partial charge is 0.464 e. The van der Waals surface area contributed by atoms with Crippen LogP contribution in [0.2, 0.25) is 0 Å². The van der Waals surface area contributed by atoms with Crippen LogP contribution >= 0.6 is 11.8 Å². The first kappa shape index (κ1) is 48.2. The highest BCUT2D eigenvalue weighted by Crippen LogP contribution is 2.14. The lowest BCUT2D eigenvalue weighted by Crippen LogP contribution is -2.54. The average molecular weight is 813 g/mol. The van der Waals surface area contributed by atoms with Crippen molar-refractivity contribution in [3.8, 4) is 5.75 Å². The van der Waals surface area contributed by atoms with E-state index >= 15 is 0 Å². The van der Waals surface area contributed by atoms with E-state index < -0.39 is 66.8 Å². The predicted molar refractivity (Wildman–Crippen MR) is 219 cm³/mol. The number of thioether (sulfide) groups is 1. The first-order chi connectivity index (χ1) is 27.3. The Kier molecular flexibility index (Phi) is 23.3. The number of hydrogen-bond acceptors (Lipinski definition) is 11. The van der Waals surface area contributed by atoms with Crippen molar-refractivity contribution in [1.82, 2.24) is 31.5 Å². The molecule has 2 aromatic carbocycles. The molecule has 0 spiro atoms. The molecule has 0 aliphatic heterocycles. The van der Waals surface area contributed by atoms with E-state index in [-0.39, 0.29) is 31.8 Å². The summed E-state index contributed by atoms with van der Waals surface area (Å²) in [7, 11) is 3.78. The van der Waals surface area contributed by atoms with Gasteiger partial charge in [0.25, 0.3) is 0 Å². The minimum atomic E-state index is -1.07. The molecular formula is C41H60N6O9S. The van der Waals surface area contributed by atoms with Crippen LogP contribution in [0.4, 0.5) is 0 Å². The maximum atomic E-state index is 13.6. The fraction of sp³-hybridized carbons (Fsp3) is 0.537. The molecule has 3 atom stereocenters. The highest BCUT2D eigenvalue weighted by Gasteiger charge is 2.28. The van der Waals surface area contributed by atoms with Crippen LogP contribution < -0.4 is 31.3 Å². The SMILES string of the molecule is CCCCCCOC(=O)C(CCSC)NC(=O)C(Cc1ccccc1)NC(=O)CNC(=O)CNC(=O)C(Cc1ccc(OC(C)=O)cc1)NC(=O)CCCN(C)C. The number of amides is 5. The van der Waals surface area contributed by atoms with Gasteiger partial charge >= 0.3 is 11.9 Å². The van der Waals surface area contributed by atoms with Crippen LogP contribution in [0.3, 0.4) is 0 Å². The number of esters is 2.